The molecule has 22 heavy (non-hydrogen) atoms. The number of hydrogen-bond donors (Lipinski definition) is 5. The Bertz CT molecular complexity index is 700. The SMILES string of the molecule is Nc1nc(N)c2ncn(OCC(CO)CCP(=O)(O)O)c2n1. The van der Waals surface area contributed by atoms with Crippen LogP contribution in [0.3, 0.4) is 0 Å². The minimum absolute atomic E-state index is 0.0196. The van der Waals surface area contributed by atoms with Gasteiger partial charge in [0.05, 0.1) is 6.16 Å². The molecule has 0 spiro atoms. The Hall–Kier alpha value is -1.94. The van der Waals surface area contributed by atoms with E-state index in [1.54, 1.807) is 0 Å². The summed E-state index contributed by atoms with van der Waals surface area (Å²) in [6, 6.07) is 0. The highest BCUT2D eigenvalue weighted by Crippen LogP contribution is 2.36. The summed E-state index contributed by atoms with van der Waals surface area (Å²) in [6.07, 6.45) is 1.12. The second-order valence-corrected chi connectivity index (χ2v) is 6.51. The topological polar surface area (TPSA) is 183 Å². The Morgan fingerprint density at radius 1 is 1.36 bits per heavy atom. The third kappa shape index (κ3) is 4.04. The Morgan fingerprint density at radius 3 is 2.73 bits per heavy atom. The fourth-order valence-corrected chi connectivity index (χ4v) is 2.48. The molecule has 0 aromatic carbocycles. The lowest BCUT2D eigenvalue weighted by Gasteiger charge is -2.15. The molecule has 0 saturated heterocycles. The zero-order chi connectivity index (χ0) is 16.3. The van der Waals surface area contributed by atoms with Crippen molar-refractivity contribution in [2.24, 2.45) is 5.92 Å². The zero-order valence-corrected chi connectivity index (χ0v) is 12.4. The molecule has 11 nitrogen and oxygen atoms in total. The smallest absolute Gasteiger partial charge is 0.325 e. The van der Waals surface area contributed by atoms with Crippen molar-refractivity contribution >= 4 is 30.5 Å². The maximum Gasteiger partial charge on any atom is 0.325 e. The van der Waals surface area contributed by atoms with Gasteiger partial charge in [0.2, 0.25) is 11.6 Å². The summed E-state index contributed by atoms with van der Waals surface area (Å²) in [7, 11) is -4.11. The molecule has 122 valence electrons. The number of nitrogens with two attached hydrogens (primary N) is 2. The average molecular weight is 332 g/mol. The van der Waals surface area contributed by atoms with E-state index in [2.05, 4.69) is 15.0 Å². The van der Waals surface area contributed by atoms with Crippen molar-refractivity contribution in [3.63, 3.8) is 0 Å². The molecule has 0 bridgehead atoms. The van der Waals surface area contributed by atoms with Gasteiger partial charge in [-0.05, 0) is 6.42 Å². The number of aromatic nitrogens is 4. The van der Waals surface area contributed by atoms with Gasteiger partial charge in [0.15, 0.2) is 11.3 Å². The van der Waals surface area contributed by atoms with E-state index in [0.29, 0.717) is 5.52 Å². The second kappa shape index (κ2) is 6.44. The van der Waals surface area contributed by atoms with Gasteiger partial charge in [0.1, 0.15) is 12.9 Å². The normalized spacial score (nSPS) is 13.4. The van der Waals surface area contributed by atoms with Crippen LogP contribution >= 0.6 is 7.60 Å². The molecule has 2 heterocycles. The lowest BCUT2D eigenvalue weighted by atomic mass is 10.1. The maximum absolute atomic E-state index is 10.8. The highest BCUT2D eigenvalue weighted by atomic mass is 31.2. The Labute approximate surface area is 125 Å². The molecular weight excluding hydrogens is 315 g/mol. The maximum atomic E-state index is 10.8. The van der Waals surface area contributed by atoms with Crippen LogP contribution in [0.5, 0.6) is 0 Å². The number of rotatable bonds is 7. The van der Waals surface area contributed by atoms with Gasteiger partial charge in [-0.1, -0.05) is 0 Å². The molecule has 0 aliphatic heterocycles. The second-order valence-electron chi connectivity index (χ2n) is 4.73. The molecule has 12 heteroatoms. The monoisotopic (exact) mass is 332 g/mol. The first-order valence-electron chi connectivity index (χ1n) is 6.35. The van der Waals surface area contributed by atoms with E-state index < -0.39 is 13.5 Å². The molecule has 0 aliphatic rings. The molecule has 2 aromatic heterocycles. The summed E-state index contributed by atoms with van der Waals surface area (Å²) in [5.74, 6) is -0.359. The van der Waals surface area contributed by atoms with Gasteiger partial charge in [-0.25, -0.2) is 4.98 Å². The van der Waals surface area contributed by atoms with Crippen molar-refractivity contribution in [3.8, 4) is 0 Å². The van der Waals surface area contributed by atoms with Crippen LogP contribution in [0, 0.1) is 5.92 Å². The lowest BCUT2D eigenvalue weighted by molar-refractivity contribution is 0.0621. The van der Waals surface area contributed by atoms with E-state index in [1.165, 1.54) is 11.1 Å². The minimum Gasteiger partial charge on any atom is -0.410 e. The van der Waals surface area contributed by atoms with E-state index >= 15 is 0 Å². The number of imidazole rings is 1. The van der Waals surface area contributed by atoms with Crippen molar-refractivity contribution in [3.05, 3.63) is 6.33 Å². The first-order valence-corrected chi connectivity index (χ1v) is 8.14. The van der Waals surface area contributed by atoms with E-state index in [0.717, 1.165) is 0 Å². The Morgan fingerprint density at radius 2 is 2.09 bits per heavy atom. The Balaban J connectivity index is 2.06. The number of aliphatic hydroxyl groups excluding tert-OH is 1. The number of fused-ring (bicyclic) bond motifs is 1. The van der Waals surface area contributed by atoms with Gasteiger partial charge in [-0.3, -0.25) is 4.57 Å². The summed E-state index contributed by atoms with van der Waals surface area (Å²) >= 11 is 0. The summed E-state index contributed by atoms with van der Waals surface area (Å²) < 4.78 is 12.1. The van der Waals surface area contributed by atoms with Crippen LogP contribution in [-0.4, -0.2) is 54.0 Å². The number of nitrogens with zero attached hydrogens (tertiary/aromatic N) is 4. The standard InChI is InChI=1S/C10H17N6O5P/c11-8-7-9(15-10(12)14-8)16(5-13-7)21-4-6(3-17)1-2-22(18,19)20/h5-6,17H,1-4H2,(H2,18,19,20)(H4,11,12,14,15). The van der Waals surface area contributed by atoms with Crippen LogP contribution in [0.4, 0.5) is 11.8 Å². The van der Waals surface area contributed by atoms with Gasteiger partial charge < -0.3 is 31.2 Å². The highest BCUT2D eigenvalue weighted by molar-refractivity contribution is 7.51. The molecule has 2 rings (SSSR count). The molecule has 0 radical (unpaired) electrons. The largest absolute Gasteiger partial charge is 0.410 e. The van der Waals surface area contributed by atoms with Crippen LogP contribution < -0.4 is 16.3 Å². The predicted molar refractivity (Wildman–Crippen MR) is 77.7 cm³/mol. The molecule has 0 fully saturated rings. The van der Waals surface area contributed by atoms with Gasteiger partial charge in [-0.2, -0.15) is 14.7 Å². The average Bonchev–Trinajstić information content (AvgIpc) is 2.81. The summed E-state index contributed by atoms with van der Waals surface area (Å²) in [5.41, 5.74) is 11.8. The molecule has 0 aliphatic carbocycles. The van der Waals surface area contributed by atoms with Crippen LogP contribution in [0.15, 0.2) is 6.33 Å². The molecule has 1 unspecified atom stereocenters. The van der Waals surface area contributed by atoms with Gasteiger partial charge >= 0.3 is 7.60 Å². The molecule has 0 amide bonds. The minimum atomic E-state index is -4.11. The number of nitrogen functional groups attached to an aromatic ring is 2. The fraction of sp³-hybridized carbons (Fsp3) is 0.500. The summed E-state index contributed by atoms with van der Waals surface area (Å²) in [4.78, 5) is 34.8. The number of hydrogen-bond acceptors (Lipinski definition) is 8. The number of aliphatic hydroxyl groups is 1. The van der Waals surface area contributed by atoms with Crippen LogP contribution in [-0.2, 0) is 4.57 Å². The van der Waals surface area contributed by atoms with Gasteiger partial charge in [-0.15, -0.1) is 0 Å². The van der Waals surface area contributed by atoms with Gasteiger partial charge in [0, 0.05) is 12.5 Å². The zero-order valence-electron chi connectivity index (χ0n) is 11.5. The Kier molecular flexibility index (Phi) is 4.81. The van der Waals surface area contributed by atoms with Crippen molar-refractivity contribution in [1.29, 1.82) is 0 Å². The van der Waals surface area contributed by atoms with E-state index in [-0.39, 0.29) is 43.2 Å². The van der Waals surface area contributed by atoms with Crippen LogP contribution in [0.1, 0.15) is 6.42 Å². The van der Waals surface area contributed by atoms with Gasteiger partial charge in [0.25, 0.3) is 0 Å². The quantitative estimate of drug-likeness (QED) is 0.378. The fourth-order valence-electron chi connectivity index (χ4n) is 1.78. The molecule has 1 atom stereocenters. The van der Waals surface area contributed by atoms with Crippen LogP contribution in [0.2, 0.25) is 0 Å². The molecular formula is C10H17N6O5P. The molecule has 2 aromatic rings. The molecule has 0 saturated carbocycles. The highest BCUT2D eigenvalue weighted by Gasteiger charge is 2.18. The summed E-state index contributed by atoms with van der Waals surface area (Å²) in [5, 5.41) is 9.23. The molecule has 7 N–H and O–H groups in total. The summed E-state index contributed by atoms with van der Waals surface area (Å²) in [6.45, 7) is -0.252. The first kappa shape index (κ1) is 16.4. The first-order chi connectivity index (χ1) is 10.3. The van der Waals surface area contributed by atoms with E-state index in [1.807, 2.05) is 0 Å². The predicted octanol–water partition coefficient (Wildman–Crippen LogP) is -1.40. The van der Waals surface area contributed by atoms with Crippen molar-refractivity contribution < 1.29 is 24.3 Å². The van der Waals surface area contributed by atoms with Crippen molar-refractivity contribution in [2.45, 2.75) is 6.42 Å². The van der Waals surface area contributed by atoms with E-state index in [9.17, 15) is 9.67 Å². The van der Waals surface area contributed by atoms with Crippen molar-refractivity contribution in [1.82, 2.24) is 19.7 Å². The third-order valence-corrected chi connectivity index (χ3v) is 3.79. The van der Waals surface area contributed by atoms with E-state index in [4.69, 9.17) is 26.1 Å². The number of anilines is 2. The van der Waals surface area contributed by atoms with Crippen LogP contribution in [0.25, 0.3) is 11.2 Å². The van der Waals surface area contributed by atoms with Crippen molar-refractivity contribution in [2.75, 3.05) is 30.8 Å². The lowest BCUT2D eigenvalue weighted by Crippen LogP contribution is -2.23. The third-order valence-electron chi connectivity index (χ3n) is 2.95.